The zero-order valence-electron chi connectivity index (χ0n) is 9.23. The SMILES string of the molecule is COc1ccc(C=C2CCCOC2=O)cc1. The molecule has 1 saturated heterocycles. The second kappa shape index (κ2) is 4.84. The number of methoxy groups -OCH3 is 1. The van der Waals surface area contributed by atoms with Crippen molar-refractivity contribution in [1.29, 1.82) is 0 Å². The lowest BCUT2D eigenvalue weighted by atomic mass is 10.0. The van der Waals surface area contributed by atoms with Crippen LogP contribution in [0.15, 0.2) is 29.8 Å². The van der Waals surface area contributed by atoms with E-state index in [1.165, 1.54) is 0 Å². The highest BCUT2D eigenvalue weighted by Gasteiger charge is 2.15. The number of hydrogen-bond donors (Lipinski definition) is 0. The third-order valence-corrected chi connectivity index (χ3v) is 2.54. The van der Waals surface area contributed by atoms with Gasteiger partial charge in [0.15, 0.2) is 0 Å². The molecule has 0 aromatic heterocycles. The molecule has 0 spiro atoms. The largest absolute Gasteiger partial charge is 0.497 e. The minimum absolute atomic E-state index is 0.193. The van der Waals surface area contributed by atoms with Gasteiger partial charge in [-0.3, -0.25) is 0 Å². The van der Waals surface area contributed by atoms with Crippen molar-refractivity contribution in [1.82, 2.24) is 0 Å². The zero-order chi connectivity index (χ0) is 11.4. The normalized spacial score (nSPS) is 18.3. The number of rotatable bonds is 2. The fourth-order valence-electron chi connectivity index (χ4n) is 1.65. The molecule has 1 fully saturated rings. The highest BCUT2D eigenvalue weighted by molar-refractivity contribution is 5.94. The van der Waals surface area contributed by atoms with Crippen molar-refractivity contribution < 1.29 is 14.3 Å². The molecule has 2 rings (SSSR count). The molecule has 3 heteroatoms. The molecule has 0 saturated carbocycles. The van der Waals surface area contributed by atoms with E-state index in [4.69, 9.17) is 9.47 Å². The van der Waals surface area contributed by atoms with Crippen LogP contribution in [0, 0.1) is 0 Å². The number of ether oxygens (including phenoxy) is 2. The first-order valence-corrected chi connectivity index (χ1v) is 5.31. The molecule has 1 aromatic carbocycles. The highest BCUT2D eigenvalue weighted by Crippen LogP contribution is 2.19. The Kier molecular flexibility index (Phi) is 3.25. The average molecular weight is 218 g/mol. The topological polar surface area (TPSA) is 35.5 Å². The van der Waals surface area contributed by atoms with Gasteiger partial charge in [0.2, 0.25) is 0 Å². The van der Waals surface area contributed by atoms with Gasteiger partial charge in [0.25, 0.3) is 0 Å². The first-order chi connectivity index (χ1) is 7.79. The smallest absolute Gasteiger partial charge is 0.334 e. The molecule has 0 aliphatic carbocycles. The molecule has 0 unspecified atom stereocenters. The van der Waals surface area contributed by atoms with E-state index in [0.717, 1.165) is 29.7 Å². The third-order valence-electron chi connectivity index (χ3n) is 2.54. The van der Waals surface area contributed by atoms with Gasteiger partial charge >= 0.3 is 5.97 Å². The number of cyclic esters (lactones) is 1. The minimum Gasteiger partial charge on any atom is -0.497 e. The lowest BCUT2D eigenvalue weighted by Gasteiger charge is -2.13. The number of hydrogen-bond acceptors (Lipinski definition) is 3. The number of carbonyl (C=O) groups is 1. The van der Waals surface area contributed by atoms with Crippen molar-refractivity contribution in [2.75, 3.05) is 13.7 Å². The minimum atomic E-state index is -0.193. The van der Waals surface area contributed by atoms with Gasteiger partial charge in [0.1, 0.15) is 5.75 Å². The van der Waals surface area contributed by atoms with E-state index in [-0.39, 0.29) is 5.97 Å². The van der Waals surface area contributed by atoms with Crippen molar-refractivity contribution in [2.24, 2.45) is 0 Å². The Morgan fingerprint density at radius 2 is 2.06 bits per heavy atom. The van der Waals surface area contributed by atoms with Crippen LogP contribution in [0.3, 0.4) is 0 Å². The molecule has 1 aliphatic rings. The van der Waals surface area contributed by atoms with Crippen LogP contribution in [-0.2, 0) is 9.53 Å². The van der Waals surface area contributed by atoms with Gasteiger partial charge in [0.05, 0.1) is 13.7 Å². The second-order valence-electron chi connectivity index (χ2n) is 3.68. The van der Waals surface area contributed by atoms with Gasteiger partial charge in [-0.1, -0.05) is 12.1 Å². The van der Waals surface area contributed by atoms with Crippen molar-refractivity contribution in [3.63, 3.8) is 0 Å². The van der Waals surface area contributed by atoms with Crippen LogP contribution >= 0.6 is 0 Å². The van der Waals surface area contributed by atoms with Gasteiger partial charge in [-0.05, 0) is 36.6 Å². The van der Waals surface area contributed by atoms with E-state index >= 15 is 0 Å². The van der Waals surface area contributed by atoms with E-state index in [2.05, 4.69) is 0 Å². The Labute approximate surface area is 94.7 Å². The lowest BCUT2D eigenvalue weighted by Crippen LogP contribution is -2.15. The van der Waals surface area contributed by atoms with Gasteiger partial charge in [-0.25, -0.2) is 4.79 Å². The van der Waals surface area contributed by atoms with E-state index in [9.17, 15) is 4.79 Å². The monoisotopic (exact) mass is 218 g/mol. The summed E-state index contributed by atoms with van der Waals surface area (Å²) in [7, 11) is 1.63. The standard InChI is InChI=1S/C13H14O3/c1-15-12-6-4-10(5-7-12)9-11-3-2-8-16-13(11)14/h4-7,9H,2-3,8H2,1H3. The Bertz CT molecular complexity index is 404. The first kappa shape index (κ1) is 10.7. The Hall–Kier alpha value is -1.77. The Morgan fingerprint density at radius 1 is 1.31 bits per heavy atom. The van der Waals surface area contributed by atoms with Crippen molar-refractivity contribution >= 4 is 12.0 Å². The van der Waals surface area contributed by atoms with Crippen LogP contribution in [0.1, 0.15) is 18.4 Å². The predicted molar refractivity (Wildman–Crippen MR) is 61.2 cm³/mol. The molecule has 1 aliphatic heterocycles. The molecule has 0 radical (unpaired) electrons. The van der Waals surface area contributed by atoms with Crippen molar-refractivity contribution in [2.45, 2.75) is 12.8 Å². The summed E-state index contributed by atoms with van der Waals surface area (Å²) < 4.78 is 10.0. The van der Waals surface area contributed by atoms with Gasteiger partial charge in [-0.15, -0.1) is 0 Å². The molecule has 84 valence electrons. The number of carbonyl (C=O) groups excluding carboxylic acids is 1. The Morgan fingerprint density at radius 3 is 2.69 bits per heavy atom. The molecule has 1 heterocycles. The summed E-state index contributed by atoms with van der Waals surface area (Å²) in [6, 6.07) is 7.60. The Balaban J connectivity index is 2.17. The van der Waals surface area contributed by atoms with E-state index in [0.29, 0.717) is 6.61 Å². The van der Waals surface area contributed by atoms with Crippen LogP contribution in [0.2, 0.25) is 0 Å². The highest BCUT2D eigenvalue weighted by atomic mass is 16.5. The second-order valence-corrected chi connectivity index (χ2v) is 3.68. The fourth-order valence-corrected chi connectivity index (χ4v) is 1.65. The maximum Gasteiger partial charge on any atom is 0.334 e. The summed E-state index contributed by atoms with van der Waals surface area (Å²) in [5.41, 5.74) is 1.74. The molecule has 1 aromatic rings. The molecule has 16 heavy (non-hydrogen) atoms. The zero-order valence-corrected chi connectivity index (χ0v) is 9.23. The summed E-state index contributed by atoms with van der Waals surface area (Å²) in [5.74, 6) is 0.621. The summed E-state index contributed by atoms with van der Waals surface area (Å²) in [6.07, 6.45) is 3.58. The molecule has 3 nitrogen and oxygen atoms in total. The van der Waals surface area contributed by atoms with Gasteiger partial charge in [0, 0.05) is 5.57 Å². The third kappa shape index (κ3) is 2.42. The molecule has 0 atom stereocenters. The van der Waals surface area contributed by atoms with Gasteiger partial charge in [-0.2, -0.15) is 0 Å². The molecular formula is C13H14O3. The van der Waals surface area contributed by atoms with Crippen molar-refractivity contribution in [3.8, 4) is 5.75 Å². The fraction of sp³-hybridized carbons (Fsp3) is 0.308. The molecule has 0 N–H and O–H groups in total. The molecule has 0 amide bonds. The van der Waals surface area contributed by atoms with E-state index in [1.807, 2.05) is 30.3 Å². The lowest BCUT2D eigenvalue weighted by molar-refractivity contribution is -0.141. The van der Waals surface area contributed by atoms with E-state index in [1.54, 1.807) is 7.11 Å². The van der Waals surface area contributed by atoms with Crippen LogP contribution in [-0.4, -0.2) is 19.7 Å². The quantitative estimate of drug-likeness (QED) is 0.565. The summed E-state index contributed by atoms with van der Waals surface area (Å²) in [5, 5.41) is 0. The van der Waals surface area contributed by atoms with Gasteiger partial charge < -0.3 is 9.47 Å². The number of esters is 1. The summed E-state index contributed by atoms with van der Waals surface area (Å²) in [6.45, 7) is 0.540. The first-order valence-electron chi connectivity index (χ1n) is 5.31. The maximum atomic E-state index is 11.4. The van der Waals surface area contributed by atoms with Crippen molar-refractivity contribution in [3.05, 3.63) is 35.4 Å². The average Bonchev–Trinajstić information content (AvgIpc) is 2.33. The van der Waals surface area contributed by atoms with Crippen LogP contribution < -0.4 is 4.74 Å². The van der Waals surface area contributed by atoms with Crippen LogP contribution in [0.4, 0.5) is 0 Å². The molecule has 0 bridgehead atoms. The maximum absolute atomic E-state index is 11.4. The van der Waals surface area contributed by atoms with Crippen LogP contribution in [0.5, 0.6) is 5.75 Å². The summed E-state index contributed by atoms with van der Waals surface area (Å²) in [4.78, 5) is 11.4. The predicted octanol–water partition coefficient (Wildman–Crippen LogP) is 2.42. The number of benzene rings is 1. The molecular weight excluding hydrogens is 204 g/mol. The summed E-state index contributed by atoms with van der Waals surface area (Å²) >= 11 is 0. The van der Waals surface area contributed by atoms with E-state index < -0.39 is 0 Å². The van der Waals surface area contributed by atoms with Crippen LogP contribution in [0.25, 0.3) is 6.08 Å².